The predicted molar refractivity (Wildman–Crippen MR) is 75.6 cm³/mol. The number of amides is 1. The summed E-state index contributed by atoms with van der Waals surface area (Å²) in [5, 5.41) is 3.05. The van der Waals surface area contributed by atoms with Crippen molar-refractivity contribution in [3.63, 3.8) is 0 Å². The van der Waals surface area contributed by atoms with Gasteiger partial charge in [0, 0.05) is 25.0 Å². The van der Waals surface area contributed by atoms with Gasteiger partial charge in [-0.3, -0.25) is 4.79 Å². The fourth-order valence-corrected chi connectivity index (χ4v) is 3.06. The molecule has 2 rings (SSSR count). The van der Waals surface area contributed by atoms with Crippen molar-refractivity contribution in [2.75, 3.05) is 13.2 Å². The third kappa shape index (κ3) is 2.52. The van der Waals surface area contributed by atoms with Crippen molar-refractivity contribution in [1.82, 2.24) is 5.32 Å². The molecule has 0 aromatic carbocycles. The first-order chi connectivity index (χ1) is 8.83. The van der Waals surface area contributed by atoms with E-state index in [0.29, 0.717) is 18.9 Å². The number of hydrogen-bond donors (Lipinski definition) is 2. The van der Waals surface area contributed by atoms with Crippen LogP contribution >= 0.6 is 0 Å². The summed E-state index contributed by atoms with van der Waals surface area (Å²) < 4.78 is 5.65. The van der Waals surface area contributed by atoms with Gasteiger partial charge >= 0.3 is 0 Å². The van der Waals surface area contributed by atoms with E-state index in [0.717, 1.165) is 12.5 Å². The molecule has 0 aromatic rings. The number of nitrogens with one attached hydrogen (secondary N) is 1. The molecular formula is C15H28N2O2. The summed E-state index contributed by atoms with van der Waals surface area (Å²) in [6.45, 7) is 9.66. The minimum absolute atomic E-state index is 0.0130. The van der Waals surface area contributed by atoms with E-state index >= 15 is 0 Å². The molecule has 3 N–H and O–H groups in total. The number of hydrogen-bond acceptors (Lipinski definition) is 3. The van der Waals surface area contributed by atoms with E-state index < -0.39 is 5.54 Å². The standard InChI is InChI=1S/C15H28N2O2/c1-5-19-12-8-15(16,14(12,3)4)13(18)17-9-10(2)11-6-7-11/h10-12H,5-9,16H2,1-4H3,(H,17,18). The molecule has 2 fully saturated rings. The molecule has 19 heavy (non-hydrogen) atoms. The molecular weight excluding hydrogens is 240 g/mol. The van der Waals surface area contributed by atoms with Crippen molar-refractivity contribution >= 4 is 5.91 Å². The first-order valence-electron chi connectivity index (χ1n) is 7.51. The van der Waals surface area contributed by atoms with Crippen LogP contribution in [0.1, 0.15) is 47.0 Å². The molecule has 3 atom stereocenters. The Balaban J connectivity index is 1.87. The summed E-state index contributed by atoms with van der Waals surface area (Å²) >= 11 is 0. The van der Waals surface area contributed by atoms with Crippen molar-refractivity contribution in [1.29, 1.82) is 0 Å². The van der Waals surface area contributed by atoms with E-state index in [4.69, 9.17) is 10.5 Å². The second kappa shape index (κ2) is 5.06. The molecule has 0 aliphatic heterocycles. The Hall–Kier alpha value is -0.610. The number of carbonyl (C=O) groups excluding carboxylic acids is 1. The highest BCUT2D eigenvalue weighted by atomic mass is 16.5. The lowest BCUT2D eigenvalue weighted by Crippen LogP contribution is -2.75. The van der Waals surface area contributed by atoms with Crippen LogP contribution in [0.2, 0.25) is 0 Å². The zero-order valence-corrected chi connectivity index (χ0v) is 12.7. The Morgan fingerprint density at radius 2 is 2.11 bits per heavy atom. The van der Waals surface area contributed by atoms with Gasteiger partial charge in [0.1, 0.15) is 5.54 Å². The van der Waals surface area contributed by atoms with Crippen molar-refractivity contribution in [3.05, 3.63) is 0 Å². The Morgan fingerprint density at radius 3 is 2.58 bits per heavy atom. The van der Waals surface area contributed by atoms with Crippen molar-refractivity contribution in [2.24, 2.45) is 23.0 Å². The van der Waals surface area contributed by atoms with Gasteiger partial charge in [-0.1, -0.05) is 20.8 Å². The van der Waals surface area contributed by atoms with Crippen LogP contribution in [-0.2, 0) is 9.53 Å². The molecule has 4 heteroatoms. The van der Waals surface area contributed by atoms with E-state index in [-0.39, 0.29) is 17.4 Å². The van der Waals surface area contributed by atoms with Crippen LogP contribution < -0.4 is 11.1 Å². The number of ether oxygens (including phenoxy) is 1. The second-order valence-corrected chi connectivity index (χ2v) is 6.87. The first-order valence-corrected chi connectivity index (χ1v) is 7.51. The van der Waals surface area contributed by atoms with E-state index in [9.17, 15) is 4.79 Å². The van der Waals surface area contributed by atoms with Gasteiger partial charge in [0.05, 0.1) is 6.10 Å². The molecule has 0 bridgehead atoms. The maximum absolute atomic E-state index is 12.4. The molecule has 4 nitrogen and oxygen atoms in total. The average molecular weight is 268 g/mol. The van der Waals surface area contributed by atoms with Gasteiger partial charge in [0.2, 0.25) is 5.91 Å². The van der Waals surface area contributed by atoms with Gasteiger partial charge < -0.3 is 15.8 Å². The highest BCUT2D eigenvalue weighted by Crippen LogP contribution is 2.49. The van der Waals surface area contributed by atoms with Gasteiger partial charge in [-0.2, -0.15) is 0 Å². The van der Waals surface area contributed by atoms with Crippen molar-refractivity contribution in [3.8, 4) is 0 Å². The van der Waals surface area contributed by atoms with Gasteiger partial charge in [0.25, 0.3) is 0 Å². The topological polar surface area (TPSA) is 64.3 Å². The number of rotatable bonds is 6. The quantitative estimate of drug-likeness (QED) is 0.770. The molecule has 0 spiro atoms. The van der Waals surface area contributed by atoms with E-state index in [1.54, 1.807) is 0 Å². The molecule has 0 saturated heterocycles. The highest BCUT2D eigenvalue weighted by Gasteiger charge is 2.62. The monoisotopic (exact) mass is 268 g/mol. The number of nitrogens with two attached hydrogens (primary N) is 1. The maximum Gasteiger partial charge on any atom is 0.240 e. The third-order valence-corrected chi connectivity index (χ3v) is 5.25. The summed E-state index contributed by atoms with van der Waals surface area (Å²) in [4.78, 5) is 12.4. The predicted octanol–water partition coefficient (Wildman–Crippen LogP) is 1.68. The largest absolute Gasteiger partial charge is 0.378 e. The van der Waals surface area contributed by atoms with Gasteiger partial charge in [-0.05, 0) is 31.6 Å². The SMILES string of the molecule is CCOC1CC(N)(C(=O)NCC(C)C2CC2)C1(C)C. The van der Waals surface area contributed by atoms with Gasteiger partial charge in [0.15, 0.2) is 0 Å². The van der Waals surface area contributed by atoms with Crippen LogP contribution in [-0.4, -0.2) is 30.7 Å². The lowest BCUT2D eigenvalue weighted by Gasteiger charge is -2.57. The van der Waals surface area contributed by atoms with E-state index in [1.807, 2.05) is 20.8 Å². The summed E-state index contributed by atoms with van der Waals surface area (Å²) in [5.41, 5.74) is 5.25. The van der Waals surface area contributed by atoms with Crippen LogP contribution in [0.25, 0.3) is 0 Å². The normalized spacial score (nSPS) is 34.5. The van der Waals surface area contributed by atoms with Crippen LogP contribution in [0.5, 0.6) is 0 Å². The average Bonchev–Trinajstić information content (AvgIpc) is 3.19. The summed E-state index contributed by atoms with van der Waals surface area (Å²) in [6, 6.07) is 0. The van der Waals surface area contributed by atoms with Crippen LogP contribution in [0.15, 0.2) is 0 Å². The minimum Gasteiger partial charge on any atom is -0.378 e. The van der Waals surface area contributed by atoms with Crippen LogP contribution in [0, 0.1) is 17.3 Å². The zero-order valence-electron chi connectivity index (χ0n) is 12.7. The number of carbonyl (C=O) groups is 1. The highest BCUT2D eigenvalue weighted by molar-refractivity contribution is 5.88. The molecule has 2 saturated carbocycles. The Labute approximate surface area is 116 Å². The van der Waals surface area contributed by atoms with Crippen LogP contribution in [0.3, 0.4) is 0 Å². The van der Waals surface area contributed by atoms with E-state index in [1.165, 1.54) is 12.8 Å². The fraction of sp³-hybridized carbons (Fsp3) is 0.933. The molecule has 110 valence electrons. The van der Waals surface area contributed by atoms with Gasteiger partial charge in [-0.15, -0.1) is 0 Å². The summed E-state index contributed by atoms with van der Waals surface area (Å²) in [6.07, 6.45) is 3.33. The van der Waals surface area contributed by atoms with Gasteiger partial charge in [-0.25, -0.2) is 0 Å². The Morgan fingerprint density at radius 1 is 1.47 bits per heavy atom. The second-order valence-electron chi connectivity index (χ2n) is 6.87. The molecule has 0 heterocycles. The third-order valence-electron chi connectivity index (χ3n) is 5.25. The molecule has 0 aromatic heterocycles. The summed E-state index contributed by atoms with van der Waals surface area (Å²) in [7, 11) is 0. The fourth-order valence-electron chi connectivity index (χ4n) is 3.06. The summed E-state index contributed by atoms with van der Waals surface area (Å²) in [5.74, 6) is 1.36. The molecule has 3 unspecified atom stereocenters. The lowest BCUT2D eigenvalue weighted by atomic mass is 9.54. The molecule has 1 amide bonds. The molecule has 2 aliphatic carbocycles. The smallest absolute Gasteiger partial charge is 0.240 e. The van der Waals surface area contributed by atoms with E-state index in [2.05, 4.69) is 12.2 Å². The lowest BCUT2D eigenvalue weighted by molar-refractivity contribution is -0.170. The zero-order chi connectivity index (χ0) is 14.3. The Kier molecular flexibility index (Phi) is 3.94. The molecule has 2 aliphatic rings. The molecule has 0 radical (unpaired) electrons. The first kappa shape index (κ1) is 14.8. The maximum atomic E-state index is 12.4. The minimum atomic E-state index is -0.782. The van der Waals surface area contributed by atoms with Crippen LogP contribution in [0.4, 0.5) is 0 Å². The Bertz CT molecular complexity index is 352. The van der Waals surface area contributed by atoms with Crippen molar-refractivity contribution in [2.45, 2.75) is 58.6 Å². The van der Waals surface area contributed by atoms with Crippen molar-refractivity contribution < 1.29 is 9.53 Å².